The van der Waals surface area contributed by atoms with Crippen molar-refractivity contribution < 1.29 is 19.4 Å². The van der Waals surface area contributed by atoms with Gasteiger partial charge in [-0.25, -0.2) is 0 Å². The summed E-state index contributed by atoms with van der Waals surface area (Å²) in [4.78, 5) is 24.6. The molecule has 0 radical (unpaired) electrons. The Morgan fingerprint density at radius 3 is 2.58 bits per heavy atom. The zero-order valence-electron chi connectivity index (χ0n) is 15.3. The number of ketones is 1. The number of carbonyl (C=O) groups excluding carboxylic acids is 2. The first-order chi connectivity index (χ1) is 11.2. The topological polar surface area (TPSA) is 63.6 Å². The number of rotatable bonds is 3. The molecule has 4 heteroatoms. The zero-order valence-corrected chi connectivity index (χ0v) is 15.3. The number of aldehydes is 1. The predicted molar refractivity (Wildman–Crippen MR) is 91.4 cm³/mol. The summed E-state index contributed by atoms with van der Waals surface area (Å²) in [5.74, 6) is -0.259. The number of aliphatic hydroxyl groups is 1. The molecule has 1 N–H and O–H groups in total. The minimum Gasteiger partial charge on any atom is -0.381 e. The third kappa shape index (κ3) is 2.19. The van der Waals surface area contributed by atoms with Crippen molar-refractivity contribution in [2.24, 2.45) is 17.8 Å². The van der Waals surface area contributed by atoms with E-state index in [0.29, 0.717) is 5.57 Å². The van der Waals surface area contributed by atoms with Gasteiger partial charge in [-0.1, -0.05) is 25.5 Å². The second kappa shape index (κ2) is 5.63. The standard InChI is InChI=1S/C20H28O4/c1-11(2)10-15-16-13(4)14-7-6-12(3)20(14,23)18(22)17(16)19(5,24-15)8-9-21/h9-10,12-15,23H,6-8H2,1-5H3/t12-,13-,14-,15+,19-,20+/m0/s1. The lowest BCUT2D eigenvalue weighted by Gasteiger charge is -2.42. The molecule has 0 aromatic rings. The third-order valence-electron chi connectivity index (χ3n) is 6.38. The number of hydrogen-bond donors (Lipinski definition) is 1. The van der Waals surface area contributed by atoms with Crippen LogP contribution < -0.4 is 0 Å². The smallest absolute Gasteiger partial charge is 0.193 e. The molecule has 1 fully saturated rings. The summed E-state index contributed by atoms with van der Waals surface area (Å²) in [5, 5.41) is 11.3. The Hall–Kier alpha value is -1.26. The van der Waals surface area contributed by atoms with Gasteiger partial charge in [-0.05, 0) is 51.0 Å². The highest BCUT2D eigenvalue weighted by Crippen LogP contribution is 2.57. The minimum atomic E-state index is -1.31. The molecule has 0 amide bonds. The largest absolute Gasteiger partial charge is 0.381 e. The normalized spacial score (nSPS) is 44.3. The summed E-state index contributed by atoms with van der Waals surface area (Å²) in [7, 11) is 0. The molecule has 24 heavy (non-hydrogen) atoms. The Labute approximate surface area is 144 Å². The van der Waals surface area contributed by atoms with Crippen LogP contribution in [0.4, 0.5) is 0 Å². The lowest BCUT2D eigenvalue weighted by Crippen LogP contribution is -2.55. The molecule has 4 nitrogen and oxygen atoms in total. The van der Waals surface area contributed by atoms with Gasteiger partial charge < -0.3 is 14.6 Å². The number of allylic oxidation sites excluding steroid dienone is 1. The van der Waals surface area contributed by atoms with E-state index in [1.54, 1.807) is 0 Å². The van der Waals surface area contributed by atoms with E-state index in [2.05, 4.69) is 6.92 Å². The minimum absolute atomic E-state index is 0.0607. The van der Waals surface area contributed by atoms with Crippen LogP contribution in [0.25, 0.3) is 0 Å². The highest BCUT2D eigenvalue weighted by Gasteiger charge is 2.63. The van der Waals surface area contributed by atoms with Crippen molar-refractivity contribution in [2.75, 3.05) is 0 Å². The Balaban J connectivity index is 2.19. The summed E-state index contributed by atoms with van der Waals surface area (Å²) >= 11 is 0. The van der Waals surface area contributed by atoms with Gasteiger partial charge in [0.25, 0.3) is 0 Å². The molecule has 3 rings (SSSR count). The van der Waals surface area contributed by atoms with E-state index in [4.69, 9.17) is 4.74 Å². The van der Waals surface area contributed by atoms with Gasteiger partial charge in [-0.15, -0.1) is 0 Å². The maximum Gasteiger partial charge on any atom is 0.193 e. The van der Waals surface area contributed by atoms with Crippen molar-refractivity contribution >= 4 is 12.1 Å². The monoisotopic (exact) mass is 332 g/mol. The zero-order chi connectivity index (χ0) is 17.9. The van der Waals surface area contributed by atoms with Gasteiger partial charge in [0, 0.05) is 17.9 Å². The van der Waals surface area contributed by atoms with Crippen LogP contribution in [-0.4, -0.2) is 34.5 Å². The van der Waals surface area contributed by atoms with Crippen LogP contribution in [0.1, 0.15) is 53.9 Å². The number of fused-ring (bicyclic) bond motifs is 1. The van der Waals surface area contributed by atoms with E-state index >= 15 is 0 Å². The Morgan fingerprint density at radius 2 is 2.00 bits per heavy atom. The van der Waals surface area contributed by atoms with Crippen LogP contribution >= 0.6 is 0 Å². The fourth-order valence-electron chi connectivity index (χ4n) is 5.12. The lowest BCUT2D eigenvalue weighted by molar-refractivity contribution is -0.146. The van der Waals surface area contributed by atoms with Crippen molar-refractivity contribution in [2.45, 2.75) is 71.2 Å². The highest BCUT2D eigenvalue weighted by atomic mass is 16.5. The summed E-state index contributed by atoms with van der Waals surface area (Å²) in [6.45, 7) is 9.86. The quantitative estimate of drug-likeness (QED) is 0.637. The first-order valence-corrected chi connectivity index (χ1v) is 8.95. The van der Waals surface area contributed by atoms with Crippen LogP contribution in [0.2, 0.25) is 0 Å². The van der Waals surface area contributed by atoms with Crippen molar-refractivity contribution in [1.82, 2.24) is 0 Å². The van der Waals surface area contributed by atoms with Crippen molar-refractivity contribution in [3.05, 3.63) is 22.8 Å². The molecule has 3 aliphatic rings. The van der Waals surface area contributed by atoms with Crippen LogP contribution in [0.3, 0.4) is 0 Å². The maximum absolute atomic E-state index is 13.4. The summed E-state index contributed by atoms with van der Waals surface area (Å²) in [6, 6.07) is 0. The molecule has 2 aliphatic carbocycles. The molecule has 0 aromatic heterocycles. The first kappa shape index (κ1) is 17.6. The Morgan fingerprint density at radius 1 is 1.33 bits per heavy atom. The second-order valence-corrected chi connectivity index (χ2v) is 8.24. The molecular formula is C20H28O4. The SMILES string of the molecule is CC(C)=C[C@H]1O[C@@](C)(CC=O)C2=C1[C@@H](C)[C@@H]1CC[C@H](C)[C@]1(O)C2=O. The van der Waals surface area contributed by atoms with Crippen LogP contribution in [0.5, 0.6) is 0 Å². The molecule has 132 valence electrons. The van der Waals surface area contributed by atoms with Gasteiger partial charge in [0.2, 0.25) is 0 Å². The first-order valence-electron chi connectivity index (χ1n) is 8.95. The van der Waals surface area contributed by atoms with Gasteiger partial charge in [0.1, 0.15) is 17.5 Å². The molecule has 0 bridgehead atoms. The van der Waals surface area contributed by atoms with E-state index in [1.165, 1.54) is 0 Å². The van der Waals surface area contributed by atoms with Crippen molar-refractivity contribution in [1.29, 1.82) is 0 Å². The summed E-state index contributed by atoms with van der Waals surface area (Å²) < 4.78 is 6.22. The van der Waals surface area contributed by atoms with E-state index in [0.717, 1.165) is 30.3 Å². The molecular weight excluding hydrogens is 304 g/mol. The average Bonchev–Trinajstić information content (AvgIpc) is 2.93. The molecule has 1 aliphatic heterocycles. The van der Waals surface area contributed by atoms with Crippen LogP contribution in [0, 0.1) is 17.8 Å². The Kier molecular flexibility index (Phi) is 4.12. The van der Waals surface area contributed by atoms with Crippen molar-refractivity contribution in [3.8, 4) is 0 Å². The molecule has 1 saturated carbocycles. The Bertz CT molecular complexity index is 642. The average molecular weight is 332 g/mol. The van der Waals surface area contributed by atoms with Gasteiger partial charge in [0.15, 0.2) is 5.78 Å². The maximum atomic E-state index is 13.4. The van der Waals surface area contributed by atoms with E-state index in [9.17, 15) is 14.7 Å². The fraction of sp³-hybridized carbons (Fsp3) is 0.700. The molecule has 0 saturated heterocycles. The molecule has 6 atom stereocenters. The number of carbonyl (C=O) groups is 2. The number of Topliss-reactive ketones (excluding diaryl/α,β-unsaturated/α-hetero) is 1. The van der Waals surface area contributed by atoms with Gasteiger partial charge in [-0.2, -0.15) is 0 Å². The highest BCUT2D eigenvalue weighted by molar-refractivity contribution is 6.06. The van der Waals surface area contributed by atoms with Gasteiger partial charge in [0.05, 0.1) is 6.10 Å². The van der Waals surface area contributed by atoms with Gasteiger partial charge >= 0.3 is 0 Å². The van der Waals surface area contributed by atoms with Gasteiger partial charge in [-0.3, -0.25) is 4.79 Å². The predicted octanol–water partition coefficient (Wildman–Crippen LogP) is 2.99. The molecule has 0 unspecified atom stereocenters. The molecule has 0 aromatic carbocycles. The van der Waals surface area contributed by atoms with E-state index < -0.39 is 11.2 Å². The summed E-state index contributed by atoms with van der Waals surface area (Å²) in [5.41, 5.74) is 0.391. The number of ether oxygens (including phenoxy) is 1. The molecule has 1 heterocycles. The van der Waals surface area contributed by atoms with E-state index in [1.807, 2.05) is 33.8 Å². The van der Waals surface area contributed by atoms with Crippen molar-refractivity contribution in [3.63, 3.8) is 0 Å². The summed E-state index contributed by atoms with van der Waals surface area (Å²) in [6.07, 6.45) is 4.39. The van der Waals surface area contributed by atoms with Crippen LogP contribution in [-0.2, 0) is 14.3 Å². The van der Waals surface area contributed by atoms with Crippen LogP contribution in [0.15, 0.2) is 22.8 Å². The fourth-order valence-corrected chi connectivity index (χ4v) is 5.12. The lowest BCUT2D eigenvalue weighted by atomic mass is 9.63. The second-order valence-electron chi connectivity index (χ2n) is 8.24. The third-order valence-corrected chi connectivity index (χ3v) is 6.38. The van der Waals surface area contributed by atoms with E-state index in [-0.39, 0.29) is 36.1 Å². The number of hydrogen-bond acceptors (Lipinski definition) is 4. The molecule has 0 spiro atoms.